The van der Waals surface area contributed by atoms with Crippen molar-refractivity contribution in [2.24, 2.45) is 10.9 Å². The highest BCUT2D eigenvalue weighted by molar-refractivity contribution is 6.21. The van der Waals surface area contributed by atoms with E-state index in [9.17, 15) is 24.1 Å². The summed E-state index contributed by atoms with van der Waals surface area (Å²) in [5.41, 5.74) is 12.6. The highest BCUT2D eigenvalue weighted by atomic mass is 16.6. The second-order valence-corrected chi connectivity index (χ2v) is 11.9. The Balaban J connectivity index is 0.881. The molecule has 17 nitrogen and oxygen atoms in total. The number of hydrazine groups is 2. The smallest absolute Gasteiger partial charge is 0.312 e. The van der Waals surface area contributed by atoms with Gasteiger partial charge in [-0.25, -0.2) is 0 Å². The van der Waals surface area contributed by atoms with Crippen LogP contribution in [0.5, 0.6) is 5.75 Å². The lowest BCUT2D eigenvalue weighted by Crippen LogP contribution is -2.44. The van der Waals surface area contributed by atoms with E-state index in [2.05, 4.69) is 21.5 Å². The normalized spacial score (nSPS) is 19.1. The Labute approximate surface area is 294 Å². The van der Waals surface area contributed by atoms with Gasteiger partial charge in [-0.05, 0) is 36.2 Å². The van der Waals surface area contributed by atoms with E-state index in [0.717, 1.165) is 11.3 Å². The van der Waals surface area contributed by atoms with E-state index in [1.807, 2.05) is 11.2 Å². The lowest BCUT2D eigenvalue weighted by atomic mass is 10.0. The molecule has 0 radical (unpaired) electrons. The molecule has 0 aromatic heterocycles. The molecule has 1 aliphatic carbocycles. The van der Waals surface area contributed by atoms with Crippen molar-refractivity contribution in [3.8, 4) is 5.75 Å². The number of imide groups is 1. The maximum Gasteiger partial charge on any atom is 0.312 e. The highest BCUT2D eigenvalue weighted by Gasteiger charge is 2.62. The number of carbonyl (C=O) groups is 4. The van der Waals surface area contributed by atoms with Crippen molar-refractivity contribution in [3.05, 3.63) is 82.0 Å². The summed E-state index contributed by atoms with van der Waals surface area (Å²) in [7, 11) is 0. The van der Waals surface area contributed by atoms with Gasteiger partial charge in [0.05, 0.1) is 76.2 Å². The van der Waals surface area contributed by atoms with E-state index in [1.165, 1.54) is 4.90 Å². The highest BCUT2D eigenvalue weighted by Crippen LogP contribution is 2.52. The predicted octanol–water partition coefficient (Wildman–Crippen LogP) is 0.578. The monoisotopic (exact) mass is 709 g/mol. The van der Waals surface area contributed by atoms with Crippen molar-refractivity contribution < 1.29 is 42.9 Å². The van der Waals surface area contributed by atoms with Gasteiger partial charge in [-0.3, -0.25) is 29.1 Å². The molecule has 51 heavy (non-hydrogen) atoms. The third-order valence-corrected chi connectivity index (χ3v) is 8.43. The van der Waals surface area contributed by atoms with Crippen LogP contribution in [0.1, 0.15) is 45.0 Å². The number of nitrogens with one attached hydrogen (secondary N) is 3. The van der Waals surface area contributed by atoms with E-state index < -0.39 is 17.4 Å². The van der Waals surface area contributed by atoms with Gasteiger partial charge in [0, 0.05) is 36.8 Å². The number of benzene rings is 2. The number of nitrogens with zero attached hydrogens (tertiary/aromatic N) is 3. The van der Waals surface area contributed by atoms with Crippen molar-refractivity contribution in [1.82, 2.24) is 26.2 Å². The molecule has 0 saturated heterocycles. The van der Waals surface area contributed by atoms with Crippen molar-refractivity contribution in [3.63, 3.8) is 0 Å². The summed E-state index contributed by atoms with van der Waals surface area (Å²) in [5, 5.41) is 7.13. The first kappa shape index (κ1) is 37.5. The van der Waals surface area contributed by atoms with Crippen LogP contribution >= 0.6 is 0 Å². The zero-order chi connectivity index (χ0) is 36.1. The molecule has 5 N–H and O–H groups in total. The fraction of sp³-hybridized carbons (Fsp3) is 0.471. The zero-order valence-corrected chi connectivity index (χ0v) is 28.2. The summed E-state index contributed by atoms with van der Waals surface area (Å²) >= 11 is 0. The number of rotatable bonds is 23. The molecule has 2 aromatic rings. The first-order chi connectivity index (χ1) is 24.9. The molecule has 3 aliphatic rings. The Morgan fingerprint density at radius 3 is 2.08 bits per heavy atom. The van der Waals surface area contributed by atoms with E-state index in [0.29, 0.717) is 69.6 Å². The summed E-state index contributed by atoms with van der Waals surface area (Å²) in [6.45, 7) is 3.77. The maximum absolute atomic E-state index is 12.6. The topological polar surface area (TPSA) is 212 Å². The molecule has 5 rings (SSSR count). The molecule has 2 aliphatic heterocycles. The van der Waals surface area contributed by atoms with Crippen LogP contribution in [0.2, 0.25) is 0 Å². The minimum absolute atomic E-state index is 0.00896. The summed E-state index contributed by atoms with van der Waals surface area (Å²) in [6, 6.07) is 13.9. The van der Waals surface area contributed by atoms with Crippen LogP contribution in [-0.2, 0) is 28.5 Å². The quantitative estimate of drug-likeness (QED) is 0.0707. The summed E-state index contributed by atoms with van der Waals surface area (Å²) in [6.07, 6.45) is 2.12. The molecular formula is C34H43N7O10. The Hall–Kier alpha value is -4.78. The second-order valence-electron chi connectivity index (χ2n) is 11.9. The predicted molar refractivity (Wildman–Crippen MR) is 181 cm³/mol. The van der Waals surface area contributed by atoms with Crippen LogP contribution < -0.4 is 26.7 Å². The van der Waals surface area contributed by atoms with Crippen LogP contribution in [0, 0.1) is 4.91 Å². The van der Waals surface area contributed by atoms with E-state index in [-0.39, 0.29) is 56.9 Å². The van der Waals surface area contributed by atoms with Gasteiger partial charge < -0.3 is 40.2 Å². The molecule has 1 fully saturated rings. The molecule has 2 aromatic carbocycles. The average molecular weight is 710 g/mol. The molecule has 2 atom stereocenters. The Morgan fingerprint density at radius 2 is 1.47 bits per heavy atom. The van der Waals surface area contributed by atoms with Crippen LogP contribution in [0.4, 0.5) is 0 Å². The molecule has 4 amide bonds. The van der Waals surface area contributed by atoms with Gasteiger partial charge in [0.15, 0.2) is 0 Å². The SMILES string of the molecule is NCCN1C=C(COc2ccc(C3CC3(NC(=O)CCOCCOCCOCCOCCN3C(=O)c4ccccc4C3=O)C(=O)N=O)cc2)NN1. The van der Waals surface area contributed by atoms with Gasteiger partial charge in [-0.15, -0.1) is 10.4 Å². The van der Waals surface area contributed by atoms with E-state index in [4.69, 9.17) is 29.4 Å². The summed E-state index contributed by atoms with van der Waals surface area (Å²) < 4.78 is 27.7. The van der Waals surface area contributed by atoms with Gasteiger partial charge in [-0.2, -0.15) is 0 Å². The van der Waals surface area contributed by atoms with Crippen molar-refractivity contribution >= 4 is 23.6 Å². The van der Waals surface area contributed by atoms with Crippen LogP contribution in [0.25, 0.3) is 0 Å². The number of hydrogen-bond donors (Lipinski definition) is 4. The van der Waals surface area contributed by atoms with Gasteiger partial charge in [-0.1, -0.05) is 24.3 Å². The van der Waals surface area contributed by atoms with Crippen molar-refractivity contribution in [2.75, 3.05) is 79.1 Å². The number of nitroso groups, excluding NO2 is 1. The Kier molecular flexibility index (Phi) is 13.6. The van der Waals surface area contributed by atoms with E-state index in [1.54, 1.807) is 48.5 Å². The Bertz CT molecular complexity index is 1540. The lowest BCUT2D eigenvalue weighted by molar-refractivity contribution is -0.129. The first-order valence-electron chi connectivity index (χ1n) is 16.7. The molecule has 2 unspecified atom stereocenters. The molecule has 274 valence electrons. The van der Waals surface area contributed by atoms with Crippen LogP contribution in [0.3, 0.4) is 0 Å². The molecular weight excluding hydrogens is 666 g/mol. The molecule has 2 heterocycles. The second kappa shape index (κ2) is 18.5. The third kappa shape index (κ3) is 9.93. The number of hydrogen-bond acceptors (Lipinski definition) is 14. The van der Waals surface area contributed by atoms with Gasteiger partial charge in [0.25, 0.3) is 11.8 Å². The molecule has 0 bridgehead atoms. The van der Waals surface area contributed by atoms with Gasteiger partial charge >= 0.3 is 5.91 Å². The lowest BCUT2D eigenvalue weighted by Gasteiger charge is -2.15. The van der Waals surface area contributed by atoms with Gasteiger partial charge in [0.2, 0.25) is 5.91 Å². The van der Waals surface area contributed by atoms with Crippen molar-refractivity contribution in [1.29, 1.82) is 0 Å². The first-order valence-corrected chi connectivity index (χ1v) is 16.7. The fourth-order valence-corrected chi connectivity index (χ4v) is 5.70. The van der Waals surface area contributed by atoms with Crippen LogP contribution in [0.15, 0.2) is 65.6 Å². The third-order valence-electron chi connectivity index (χ3n) is 8.43. The summed E-state index contributed by atoms with van der Waals surface area (Å²) in [4.78, 5) is 62.2. The van der Waals surface area contributed by atoms with Crippen molar-refractivity contribution in [2.45, 2.75) is 24.3 Å². The standard InChI is InChI=1S/C34H43N7O10/c35-10-11-40-22-25(37-39-40)23-51-26-7-5-24(6-8-26)29-21-34(29,33(45)38-46)36-30(42)9-13-47-15-17-49-19-20-50-18-16-48-14-12-41-31(43)27-3-1-2-4-28(27)32(41)44/h1-8,22,29,37,39H,9-21,23,35H2,(H,36,42). The Morgan fingerprint density at radius 1 is 0.863 bits per heavy atom. The van der Waals surface area contributed by atoms with Crippen LogP contribution in [-0.4, -0.2) is 118 Å². The average Bonchev–Trinajstić information content (AvgIpc) is 3.60. The number of ether oxygens (including phenoxy) is 5. The molecule has 0 spiro atoms. The number of nitrogens with two attached hydrogens (primary N) is 1. The zero-order valence-electron chi connectivity index (χ0n) is 28.2. The minimum atomic E-state index is -1.37. The molecule has 1 saturated carbocycles. The summed E-state index contributed by atoms with van der Waals surface area (Å²) in [5.74, 6) is -1.74. The minimum Gasteiger partial charge on any atom is -0.487 e. The number of carbonyl (C=O) groups excluding carboxylic acids is 4. The van der Waals surface area contributed by atoms with E-state index >= 15 is 0 Å². The maximum atomic E-state index is 12.6. The largest absolute Gasteiger partial charge is 0.487 e. The van der Waals surface area contributed by atoms with Gasteiger partial charge in [0.1, 0.15) is 17.9 Å². The molecule has 17 heteroatoms. The number of fused-ring (bicyclic) bond motifs is 1. The fourth-order valence-electron chi connectivity index (χ4n) is 5.70. The number of amides is 4.